The molecule has 1 aliphatic heterocycles. The van der Waals surface area contributed by atoms with Crippen molar-refractivity contribution in [2.24, 2.45) is 0 Å². The van der Waals surface area contributed by atoms with Crippen molar-refractivity contribution in [3.05, 3.63) is 240 Å². The Labute approximate surface area is 355 Å². The summed E-state index contributed by atoms with van der Waals surface area (Å²) in [5.74, 6) is 2.48. The Hall–Kier alpha value is -7.62. The van der Waals surface area contributed by atoms with Crippen molar-refractivity contribution in [1.29, 1.82) is 0 Å². The molecular formula is C58H40N2O. The zero-order valence-electron chi connectivity index (χ0n) is 33.9. The van der Waals surface area contributed by atoms with Crippen LogP contribution in [-0.2, 0) is 10.8 Å². The highest BCUT2D eigenvalue weighted by Crippen LogP contribution is 2.62. The summed E-state index contributed by atoms with van der Waals surface area (Å²) in [6, 6.07) is 74.2. The molecule has 9 aromatic carbocycles. The average molecular weight is 781 g/mol. The number of rotatable bonds is 4. The van der Waals surface area contributed by atoms with Crippen LogP contribution < -0.4 is 4.74 Å². The number of fused-ring (bicyclic) bond motifs is 11. The number of hydrogen-bond acceptors (Lipinski definition) is 3. The quantitative estimate of drug-likeness (QED) is 0.167. The van der Waals surface area contributed by atoms with E-state index in [0.29, 0.717) is 5.82 Å². The summed E-state index contributed by atoms with van der Waals surface area (Å²) >= 11 is 0. The molecule has 1 aromatic heterocycles. The van der Waals surface area contributed by atoms with Gasteiger partial charge in [0.15, 0.2) is 5.82 Å². The van der Waals surface area contributed by atoms with Crippen LogP contribution in [0.2, 0.25) is 0 Å². The van der Waals surface area contributed by atoms with Gasteiger partial charge in [-0.15, -0.1) is 0 Å². The van der Waals surface area contributed by atoms with Gasteiger partial charge in [-0.1, -0.05) is 190 Å². The predicted molar refractivity (Wildman–Crippen MR) is 249 cm³/mol. The topological polar surface area (TPSA) is 35.0 Å². The highest BCUT2D eigenvalue weighted by Gasteiger charge is 2.53. The zero-order chi connectivity index (χ0) is 40.7. The minimum absolute atomic E-state index is 0.323. The standard InChI is InChI=1S/C58H40N2O/c1-57(2)46-23-8-9-24-47(46)58(48-25-10-12-28-53(48)61-54-29-13-11-26-49(54)58)50-27-15-22-45(55(50)57)39-19-14-20-41(34-39)52-36-51(38-17-4-3-5-18-38)59-56(60-52)42-32-33-44-40(35-42)31-30-37-16-6-7-21-43(37)44/h3-36H,1-2H3. The van der Waals surface area contributed by atoms with E-state index in [-0.39, 0.29) is 5.41 Å². The van der Waals surface area contributed by atoms with Crippen molar-refractivity contribution >= 4 is 21.5 Å². The van der Waals surface area contributed by atoms with Crippen molar-refractivity contribution < 1.29 is 4.74 Å². The monoisotopic (exact) mass is 780 g/mol. The summed E-state index contributed by atoms with van der Waals surface area (Å²) in [6.07, 6.45) is 0. The third-order valence-electron chi connectivity index (χ3n) is 13.2. The van der Waals surface area contributed by atoms with E-state index in [1.54, 1.807) is 0 Å². The molecule has 12 rings (SSSR count). The molecule has 0 N–H and O–H groups in total. The molecule has 1 spiro atoms. The fraction of sp³-hybridized carbons (Fsp3) is 0.0690. The fourth-order valence-electron chi connectivity index (χ4n) is 10.5. The lowest BCUT2D eigenvalue weighted by molar-refractivity contribution is 0.425. The van der Waals surface area contributed by atoms with Crippen molar-refractivity contribution in [1.82, 2.24) is 9.97 Å². The van der Waals surface area contributed by atoms with Gasteiger partial charge in [0.25, 0.3) is 0 Å². The van der Waals surface area contributed by atoms with E-state index < -0.39 is 5.41 Å². The van der Waals surface area contributed by atoms with E-state index >= 15 is 0 Å². The lowest BCUT2D eigenvalue weighted by Gasteiger charge is -2.50. The SMILES string of the molecule is CC1(C)c2ccccc2C2(c3ccccc3Oc3ccccc32)c2cccc(-c3cccc(-c4cc(-c5ccccc5)nc(-c5ccc6c(ccc7ccccc76)c5)n4)c3)c21. The maximum atomic E-state index is 6.68. The number of nitrogens with zero attached hydrogens (tertiary/aromatic N) is 2. The number of hydrogen-bond donors (Lipinski definition) is 0. The Morgan fingerprint density at radius 2 is 0.951 bits per heavy atom. The second kappa shape index (κ2) is 13.5. The van der Waals surface area contributed by atoms with Gasteiger partial charge >= 0.3 is 0 Å². The Bertz CT molecular complexity index is 3340. The third kappa shape index (κ3) is 5.30. The summed E-state index contributed by atoms with van der Waals surface area (Å²) < 4.78 is 6.68. The summed E-state index contributed by atoms with van der Waals surface area (Å²) in [7, 11) is 0. The van der Waals surface area contributed by atoms with Crippen molar-refractivity contribution in [3.8, 4) is 56.5 Å². The molecule has 0 saturated carbocycles. The van der Waals surface area contributed by atoms with E-state index in [9.17, 15) is 0 Å². The van der Waals surface area contributed by atoms with Crippen molar-refractivity contribution in [3.63, 3.8) is 0 Å². The van der Waals surface area contributed by atoms with Crippen LogP contribution in [0.15, 0.2) is 206 Å². The first kappa shape index (κ1) is 35.3. The summed E-state index contributed by atoms with van der Waals surface area (Å²) in [6.45, 7) is 4.77. The molecule has 10 aromatic rings. The average Bonchev–Trinajstić information content (AvgIpc) is 3.32. The van der Waals surface area contributed by atoms with E-state index in [1.165, 1.54) is 49.4 Å². The minimum atomic E-state index is -0.585. The molecular weight excluding hydrogens is 741 g/mol. The highest BCUT2D eigenvalue weighted by molar-refractivity contribution is 6.08. The predicted octanol–water partition coefficient (Wildman–Crippen LogP) is 14.6. The minimum Gasteiger partial charge on any atom is -0.457 e. The molecule has 0 saturated heterocycles. The first-order valence-electron chi connectivity index (χ1n) is 21.1. The summed E-state index contributed by atoms with van der Waals surface area (Å²) in [4.78, 5) is 10.6. The summed E-state index contributed by atoms with van der Waals surface area (Å²) in [5.41, 5.74) is 13.8. The Morgan fingerprint density at radius 1 is 0.377 bits per heavy atom. The lowest BCUT2D eigenvalue weighted by Crippen LogP contribution is -2.43. The van der Waals surface area contributed by atoms with Gasteiger partial charge in [0.2, 0.25) is 0 Å². The van der Waals surface area contributed by atoms with Gasteiger partial charge in [-0.3, -0.25) is 0 Å². The smallest absolute Gasteiger partial charge is 0.160 e. The number of para-hydroxylation sites is 2. The van der Waals surface area contributed by atoms with Crippen LogP contribution in [0.1, 0.15) is 47.2 Å². The van der Waals surface area contributed by atoms with Gasteiger partial charge in [-0.05, 0) is 85.3 Å². The van der Waals surface area contributed by atoms with Crippen LogP contribution in [0.3, 0.4) is 0 Å². The van der Waals surface area contributed by atoms with Gasteiger partial charge < -0.3 is 4.74 Å². The molecule has 0 amide bonds. The molecule has 0 bridgehead atoms. The van der Waals surface area contributed by atoms with Crippen LogP contribution in [0.4, 0.5) is 0 Å². The van der Waals surface area contributed by atoms with Crippen LogP contribution >= 0.6 is 0 Å². The van der Waals surface area contributed by atoms with Gasteiger partial charge in [-0.25, -0.2) is 9.97 Å². The Balaban J connectivity index is 1.06. The van der Waals surface area contributed by atoms with E-state index in [1.807, 2.05) is 6.07 Å². The fourth-order valence-corrected chi connectivity index (χ4v) is 10.5. The first-order valence-corrected chi connectivity index (χ1v) is 21.1. The van der Waals surface area contributed by atoms with Gasteiger partial charge in [0.05, 0.1) is 16.8 Å². The van der Waals surface area contributed by atoms with Gasteiger partial charge in [0, 0.05) is 33.2 Å². The lowest BCUT2D eigenvalue weighted by atomic mass is 9.53. The second-order valence-corrected chi connectivity index (χ2v) is 16.9. The third-order valence-corrected chi connectivity index (χ3v) is 13.2. The number of ether oxygens (including phenoxy) is 1. The first-order chi connectivity index (χ1) is 30.0. The molecule has 0 unspecified atom stereocenters. The molecule has 2 aliphatic rings. The van der Waals surface area contributed by atoms with Gasteiger partial charge in [0.1, 0.15) is 11.5 Å². The molecule has 3 nitrogen and oxygen atoms in total. The van der Waals surface area contributed by atoms with Crippen molar-refractivity contribution in [2.75, 3.05) is 0 Å². The molecule has 0 radical (unpaired) electrons. The molecule has 3 heteroatoms. The van der Waals surface area contributed by atoms with Crippen LogP contribution in [0, 0.1) is 0 Å². The molecule has 2 heterocycles. The molecule has 1 aliphatic carbocycles. The van der Waals surface area contributed by atoms with E-state index in [2.05, 4.69) is 214 Å². The normalized spacial score (nSPS) is 14.1. The zero-order valence-corrected chi connectivity index (χ0v) is 33.9. The number of benzene rings is 9. The molecule has 288 valence electrons. The Morgan fingerprint density at radius 3 is 1.74 bits per heavy atom. The number of aromatic nitrogens is 2. The molecule has 0 fully saturated rings. The van der Waals surface area contributed by atoms with Crippen LogP contribution in [0.5, 0.6) is 11.5 Å². The highest BCUT2D eigenvalue weighted by atomic mass is 16.5. The Kier molecular flexibility index (Phi) is 7.79. The van der Waals surface area contributed by atoms with Crippen molar-refractivity contribution in [2.45, 2.75) is 24.7 Å². The molecule has 61 heavy (non-hydrogen) atoms. The maximum absolute atomic E-state index is 6.68. The maximum Gasteiger partial charge on any atom is 0.160 e. The van der Waals surface area contributed by atoms with Gasteiger partial charge in [-0.2, -0.15) is 0 Å². The summed E-state index contributed by atoms with van der Waals surface area (Å²) in [5, 5.41) is 4.87. The van der Waals surface area contributed by atoms with Crippen LogP contribution in [-0.4, -0.2) is 9.97 Å². The van der Waals surface area contributed by atoms with Crippen LogP contribution in [0.25, 0.3) is 66.6 Å². The molecule has 0 atom stereocenters. The largest absolute Gasteiger partial charge is 0.457 e. The second-order valence-electron chi connectivity index (χ2n) is 16.9. The van der Waals surface area contributed by atoms with E-state index in [4.69, 9.17) is 14.7 Å². The van der Waals surface area contributed by atoms with E-state index in [0.717, 1.165) is 56.3 Å².